The molecule has 92 valence electrons. The Morgan fingerprint density at radius 2 is 2.24 bits per heavy atom. The van der Waals surface area contributed by atoms with Gasteiger partial charge in [-0.05, 0) is 6.42 Å². The van der Waals surface area contributed by atoms with Crippen molar-refractivity contribution in [1.82, 2.24) is 19.7 Å². The number of amides is 1. The van der Waals surface area contributed by atoms with E-state index in [9.17, 15) is 9.59 Å². The average molecular weight is 238 g/mol. The van der Waals surface area contributed by atoms with Crippen LogP contribution in [0.1, 0.15) is 24.5 Å². The number of nitrogens with zero attached hydrogens (tertiary/aromatic N) is 4. The molecule has 2 rings (SSSR count). The van der Waals surface area contributed by atoms with Crippen LogP contribution in [0.5, 0.6) is 0 Å². The van der Waals surface area contributed by atoms with E-state index in [-0.39, 0.29) is 0 Å². The molecule has 17 heavy (non-hydrogen) atoms. The van der Waals surface area contributed by atoms with Gasteiger partial charge in [0.25, 0.3) is 0 Å². The molecule has 0 saturated carbocycles. The van der Waals surface area contributed by atoms with Crippen molar-refractivity contribution in [3.63, 3.8) is 0 Å². The number of aryl methyl sites for hydroxylation is 1. The molecular weight excluding hydrogens is 224 g/mol. The zero-order valence-corrected chi connectivity index (χ0v) is 9.59. The van der Waals surface area contributed by atoms with Crippen LogP contribution in [0.25, 0.3) is 0 Å². The summed E-state index contributed by atoms with van der Waals surface area (Å²) in [6.45, 7) is 1.18. The Kier molecular flexibility index (Phi) is 3.08. The third-order valence-electron chi connectivity index (χ3n) is 2.79. The molecule has 0 fully saturated rings. The van der Waals surface area contributed by atoms with Gasteiger partial charge in [0.15, 0.2) is 5.82 Å². The first-order valence-electron chi connectivity index (χ1n) is 5.44. The third kappa shape index (κ3) is 2.43. The summed E-state index contributed by atoms with van der Waals surface area (Å²) in [4.78, 5) is 23.3. The molecule has 0 bridgehead atoms. The van der Waals surface area contributed by atoms with E-state index in [4.69, 9.17) is 5.11 Å². The predicted octanol–water partition coefficient (Wildman–Crippen LogP) is -0.343. The quantitative estimate of drug-likeness (QED) is 0.725. The van der Waals surface area contributed by atoms with Gasteiger partial charge in [-0.2, -0.15) is 0 Å². The molecule has 1 aliphatic rings. The van der Waals surface area contributed by atoms with Gasteiger partial charge in [-0.1, -0.05) is 0 Å². The van der Waals surface area contributed by atoms with E-state index >= 15 is 0 Å². The fourth-order valence-corrected chi connectivity index (χ4v) is 1.89. The number of aromatic nitrogens is 3. The summed E-state index contributed by atoms with van der Waals surface area (Å²) in [5, 5.41) is 16.6. The van der Waals surface area contributed by atoms with Crippen molar-refractivity contribution in [3.05, 3.63) is 11.6 Å². The molecule has 0 aliphatic carbocycles. The summed E-state index contributed by atoms with van der Waals surface area (Å²) >= 11 is 0. The van der Waals surface area contributed by atoms with Crippen LogP contribution < -0.4 is 0 Å². The van der Waals surface area contributed by atoms with Gasteiger partial charge in [-0.15, -0.1) is 10.2 Å². The average Bonchev–Trinajstić information content (AvgIpc) is 2.81. The molecule has 0 radical (unpaired) electrons. The van der Waals surface area contributed by atoms with Crippen LogP contribution in [0.4, 0.5) is 0 Å². The molecule has 1 aromatic heterocycles. The zero-order chi connectivity index (χ0) is 12.4. The maximum absolute atomic E-state index is 11.5. The van der Waals surface area contributed by atoms with Crippen LogP contribution in [0, 0.1) is 0 Å². The van der Waals surface area contributed by atoms with Gasteiger partial charge in [0.05, 0.1) is 6.54 Å². The van der Waals surface area contributed by atoms with E-state index in [1.165, 1.54) is 4.90 Å². The van der Waals surface area contributed by atoms with Crippen LogP contribution in [-0.4, -0.2) is 43.7 Å². The molecule has 7 nitrogen and oxygen atoms in total. The number of hydrogen-bond acceptors (Lipinski definition) is 4. The Hall–Kier alpha value is -1.92. The lowest BCUT2D eigenvalue weighted by Gasteiger charge is -2.15. The molecule has 0 unspecified atom stereocenters. The lowest BCUT2D eigenvalue weighted by molar-refractivity contribution is -0.144. The van der Waals surface area contributed by atoms with Crippen molar-refractivity contribution in [3.8, 4) is 0 Å². The molecule has 1 amide bonds. The molecule has 0 atom stereocenters. The summed E-state index contributed by atoms with van der Waals surface area (Å²) in [5.74, 6) is 0.124. The molecule has 7 heteroatoms. The summed E-state index contributed by atoms with van der Waals surface area (Å²) < 4.78 is 1.99. The Labute approximate surface area is 98.0 Å². The van der Waals surface area contributed by atoms with Gasteiger partial charge in [-0.25, -0.2) is 0 Å². The van der Waals surface area contributed by atoms with Crippen molar-refractivity contribution in [2.45, 2.75) is 32.4 Å². The molecule has 0 aromatic carbocycles. The molecule has 0 saturated heterocycles. The molecule has 2 heterocycles. The van der Waals surface area contributed by atoms with Gasteiger partial charge in [0.2, 0.25) is 5.91 Å². The monoisotopic (exact) mass is 238 g/mol. The number of carboxylic acid groups (broad SMARTS) is 1. The molecule has 0 spiro atoms. The Bertz CT molecular complexity index is 454. The standard InChI is InChI=1S/C10H14N4O3/c1-13(9(15)5-10(16)17)6-8-12-11-7-3-2-4-14(7)8/h2-6H2,1H3,(H,16,17). The van der Waals surface area contributed by atoms with Crippen molar-refractivity contribution in [2.24, 2.45) is 0 Å². The Balaban J connectivity index is 2.00. The highest BCUT2D eigenvalue weighted by Gasteiger charge is 2.20. The number of hydrogen-bond donors (Lipinski definition) is 1. The first-order valence-corrected chi connectivity index (χ1v) is 5.44. The summed E-state index contributed by atoms with van der Waals surface area (Å²) in [5.41, 5.74) is 0. The number of carboxylic acids is 1. The van der Waals surface area contributed by atoms with Crippen LogP contribution >= 0.6 is 0 Å². The highest BCUT2D eigenvalue weighted by molar-refractivity contribution is 5.93. The Morgan fingerprint density at radius 3 is 2.94 bits per heavy atom. The van der Waals surface area contributed by atoms with Gasteiger partial charge in [0.1, 0.15) is 12.2 Å². The minimum atomic E-state index is -1.12. The van der Waals surface area contributed by atoms with E-state index in [1.54, 1.807) is 7.05 Å². The molecular formula is C10H14N4O3. The zero-order valence-electron chi connectivity index (χ0n) is 9.59. The van der Waals surface area contributed by atoms with E-state index in [2.05, 4.69) is 10.2 Å². The van der Waals surface area contributed by atoms with Crippen molar-refractivity contribution >= 4 is 11.9 Å². The summed E-state index contributed by atoms with van der Waals surface area (Å²) in [7, 11) is 1.57. The van der Waals surface area contributed by atoms with Crippen molar-refractivity contribution in [1.29, 1.82) is 0 Å². The number of fused-ring (bicyclic) bond motifs is 1. The highest BCUT2D eigenvalue weighted by Crippen LogP contribution is 2.15. The van der Waals surface area contributed by atoms with Gasteiger partial charge >= 0.3 is 5.97 Å². The van der Waals surface area contributed by atoms with Crippen molar-refractivity contribution in [2.75, 3.05) is 7.05 Å². The maximum Gasteiger partial charge on any atom is 0.312 e. The largest absolute Gasteiger partial charge is 0.481 e. The smallest absolute Gasteiger partial charge is 0.312 e. The number of carbonyl (C=O) groups is 2. The van der Waals surface area contributed by atoms with E-state index in [1.807, 2.05) is 4.57 Å². The maximum atomic E-state index is 11.5. The number of rotatable bonds is 4. The van der Waals surface area contributed by atoms with Crippen LogP contribution in [-0.2, 0) is 29.1 Å². The van der Waals surface area contributed by atoms with E-state index in [0.717, 1.165) is 31.0 Å². The highest BCUT2D eigenvalue weighted by atomic mass is 16.4. The lowest BCUT2D eigenvalue weighted by Crippen LogP contribution is -2.29. The van der Waals surface area contributed by atoms with E-state index < -0.39 is 18.3 Å². The minimum Gasteiger partial charge on any atom is -0.481 e. The number of carbonyl (C=O) groups excluding carboxylic acids is 1. The number of aliphatic carboxylic acids is 1. The first kappa shape index (κ1) is 11.6. The van der Waals surface area contributed by atoms with Gasteiger partial charge < -0.3 is 14.6 Å². The van der Waals surface area contributed by atoms with Gasteiger partial charge in [-0.3, -0.25) is 9.59 Å². The molecule has 1 aromatic rings. The SMILES string of the molecule is CN(Cc1nnc2n1CCC2)C(=O)CC(=O)O. The van der Waals surface area contributed by atoms with Gasteiger partial charge in [0, 0.05) is 20.0 Å². The van der Waals surface area contributed by atoms with Crippen LogP contribution in [0.15, 0.2) is 0 Å². The van der Waals surface area contributed by atoms with E-state index in [0.29, 0.717) is 6.54 Å². The predicted molar refractivity (Wildman–Crippen MR) is 57.1 cm³/mol. The third-order valence-corrected chi connectivity index (χ3v) is 2.79. The van der Waals surface area contributed by atoms with Crippen LogP contribution in [0.3, 0.4) is 0 Å². The van der Waals surface area contributed by atoms with Crippen molar-refractivity contribution < 1.29 is 14.7 Å². The topological polar surface area (TPSA) is 88.3 Å². The second kappa shape index (κ2) is 4.52. The summed E-state index contributed by atoms with van der Waals surface area (Å²) in [6.07, 6.45) is 1.47. The first-order chi connectivity index (χ1) is 8.08. The fraction of sp³-hybridized carbons (Fsp3) is 0.600. The normalized spacial score (nSPS) is 13.5. The van der Waals surface area contributed by atoms with Crippen LogP contribution in [0.2, 0.25) is 0 Å². The second-order valence-corrected chi connectivity index (χ2v) is 4.11. The summed E-state index contributed by atoms with van der Waals surface area (Å²) in [6, 6.07) is 0. The molecule has 1 aliphatic heterocycles. The minimum absolute atomic E-state index is 0.305. The second-order valence-electron chi connectivity index (χ2n) is 4.11. The molecule has 1 N–H and O–H groups in total. The lowest BCUT2D eigenvalue weighted by atomic mass is 10.3. The fourth-order valence-electron chi connectivity index (χ4n) is 1.89. The Morgan fingerprint density at radius 1 is 1.47 bits per heavy atom.